The van der Waals surface area contributed by atoms with Crippen molar-refractivity contribution in [2.45, 2.75) is 13.0 Å². The van der Waals surface area contributed by atoms with Gasteiger partial charge < -0.3 is 5.32 Å². The Kier molecular flexibility index (Phi) is 5.04. The van der Waals surface area contributed by atoms with E-state index in [0.29, 0.717) is 5.56 Å². The number of carbonyl (C=O) groups is 1. The van der Waals surface area contributed by atoms with Gasteiger partial charge in [-0.25, -0.2) is 9.82 Å². The van der Waals surface area contributed by atoms with E-state index in [1.165, 1.54) is 12.3 Å². The van der Waals surface area contributed by atoms with E-state index in [1.54, 1.807) is 25.1 Å². The first-order chi connectivity index (χ1) is 12.1. The highest BCUT2D eigenvalue weighted by atomic mass is 19.1. The molecule has 4 nitrogen and oxygen atoms in total. The number of nitrogens with zero attached hydrogens (tertiary/aromatic N) is 1. The topological polar surface area (TPSA) is 53.5 Å². The van der Waals surface area contributed by atoms with Gasteiger partial charge >= 0.3 is 0 Å². The van der Waals surface area contributed by atoms with Gasteiger partial charge in [-0.15, -0.1) is 0 Å². The maximum atomic E-state index is 13.5. The monoisotopic (exact) mass is 335 g/mol. The zero-order valence-corrected chi connectivity index (χ0v) is 13.7. The van der Waals surface area contributed by atoms with E-state index in [0.717, 1.165) is 16.5 Å². The molecule has 3 aromatic carbocycles. The van der Waals surface area contributed by atoms with E-state index in [2.05, 4.69) is 15.8 Å². The van der Waals surface area contributed by atoms with Crippen LogP contribution in [0, 0.1) is 5.82 Å². The van der Waals surface area contributed by atoms with Crippen LogP contribution in [0.25, 0.3) is 10.8 Å². The highest BCUT2D eigenvalue weighted by Gasteiger charge is 2.11. The lowest BCUT2D eigenvalue weighted by atomic mass is 10.1. The third-order valence-corrected chi connectivity index (χ3v) is 3.81. The summed E-state index contributed by atoms with van der Waals surface area (Å²) >= 11 is 0. The molecule has 0 fully saturated rings. The minimum absolute atomic E-state index is 0.305. The van der Waals surface area contributed by atoms with Gasteiger partial charge in [0.15, 0.2) is 0 Å². The molecule has 0 aliphatic heterocycles. The fourth-order valence-electron chi connectivity index (χ4n) is 2.44. The fourth-order valence-corrected chi connectivity index (χ4v) is 2.44. The molecule has 0 saturated carbocycles. The number of hydrogen-bond donors (Lipinski definition) is 2. The third kappa shape index (κ3) is 4.20. The van der Waals surface area contributed by atoms with Crippen molar-refractivity contribution in [2.75, 3.05) is 5.32 Å². The maximum absolute atomic E-state index is 13.5. The summed E-state index contributed by atoms with van der Waals surface area (Å²) in [5, 5.41) is 9.18. The van der Waals surface area contributed by atoms with Gasteiger partial charge in [0, 0.05) is 11.3 Å². The van der Waals surface area contributed by atoms with E-state index in [4.69, 9.17) is 0 Å². The summed E-state index contributed by atoms with van der Waals surface area (Å²) in [5.41, 5.74) is 3.58. The van der Waals surface area contributed by atoms with Crippen molar-refractivity contribution in [1.29, 1.82) is 0 Å². The molecule has 0 unspecified atom stereocenters. The van der Waals surface area contributed by atoms with Crippen molar-refractivity contribution in [2.24, 2.45) is 5.10 Å². The Hall–Kier alpha value is -3.21. The van der Waals surface area contributed by atoms with E-state index in [1.807, 2.05) is 42.5 Å². The molecule has 0 aliphatic rings. The number of rotatable bonds is 5. The molecule has 1 atom stereocenters. The second-order valence-corrected chi connectivity index (χ2v) is 5.68. The first kappa shape index (κ1) is 16.6. The standard InChI is InChI=1S/C20H18FN3O/c1-14(20(25)24-22-13-17-8-4-5-9-19(17)21)23-18-11-10-15-6-2-3-7-16(15)12-18/h2-14,23H,1H3,(H,24,25)/b22-13-/t14-/m1/s1. The minimum Gasteiger partial charge on any atom is -0.374 e. The van der Waals surface area contributed by atoms with Crippen LogP contribution in [0.4, 0.5) is 10.1 Å². The number of fused-ring (bicyclic) bond motifs is 1. The predicted octanol–water partition coefficient (Wildman–Crippen LogP) is 3.93. The van der Waals surface area contributed by atoms with Crippen molar-refractivity contribution in [3.8, 4) is 0 Å². The van der Waals surface area contributed by atoms with Crippen molar-refractivity contribution in [3.05, 3.63) is 78.1 Å². The van der Waals surface area contributed by atoms with E-state index in [-0.39, 0.29) is 11.7 Å². The largest absolute Gasteiger partial charge is 0.374 e. The van der Waals surface area contributed by atoms with Crippen molar-refractivity contribution >= 4 is 28.6 Å². The van der Waals surface area contributed by atoms with Crippen LogP contribution < -0.4 is 10.7 Å². The van der Waals surface area contributed by atoms with Gasteiger partial charge in [-0.2, -0.15) is 5.10 Å². The SMILES string of the molecule is C[C@@H](Nc1ccc2ccccc2c1)C(=O)N/N=C\c1ccccc1F. The molecule has 1 amide bonds. The van der Waals surface area contributed by atoms with Crippen LogP contribution in [0.3, 0.4) is 0 Å². The summed E-state index contributed by atoms with van der Waals surface area (Å²) in [6, 6.07) is 19.7. The maximum Gasteiger partial charge on any atom is 0.262 e. The highest BCUT2D eigenvalue weighted by Crippen LogP contribution is 2.19. The zero-order chi connectivity index (χ0) is 17.6. The number of amides is 1. The van der Waals surface area contributed by atoms with Gasteiger partial charge in [-0.1, -0.05) is 48.5 Å². The first-order valence-electron chi connectivity index (χ1n) is 7.96. The number of halogens is 1. The summed E-state index contributed by atoms with van der Waals surface area (Å²) in [5.74, 6) is -0.691. The second kappa shape index (κ2) is 7.57. The van der Waals surface area contributed by atoms with Gasteiger partial charge in [-0.3, -0.25) is 4.79 Å². The Morgan fingerprint density at radius 1 is 1.04 bits per heavy atom. The summed E-state index contributed by atoms with van der Waals surface area (Å²) in [6.45, 7) is 1.74. The molecule has 126 valence electrons. The molecule has 0 bridgehead atoms. The molecule has 3 rings (SSSR count). The normalized spacial score (nSPS) is 12.2. The number of carbonyl (C=O) groups excluding carboxylic acids is 1. The smallest absolute Gasteiger partial charge is 0.262 e. The van der Waals surface area contributed by atoms with Gasteiger partial charge in [-0.05, 0) is 35.9 Å². The van der Waals surface area contributed by atoms with Crippen molar-refractivity contribution < 1.29 is 9.18 Å². The summed E-state index contributed by atoms with van der Waals surface area (Å²) in [6.07, 6.45) is 1.29. The van der Waals surface area contributed by atoms with Gasteiger partial charge in [0.05, 0.1) is 6.21 Å². The average molecular weight is 335 g/mol. The van der Waals surface area contributed by atoms with Gasteiger partial charge in [0.1, 0.15) is 11.9 Å². The van der Waals surface area contributed by atoms with Crippen LogP contribution >= 0.6 is 0 Å². The lowest BCUT2D eigenvalue weighted by molar-refractivity contribution is -0.121. The molecular weight excluding hydrogens is 317 g/mol. The van der Waals surface area contributed by atoms with Crippen LogP contribution in [0.5, 0.6) is 0 Å². The zero-order valence-electron chi connectivity index (χ0n) is 13.7. The quantitative estimate of drug-likeness (QED) is 0.548. The van der Waals surface area contributed by atoms with Crippen LogP contribution in [-0.4, -0.2) is 18.2 Å². The highest BCUT2D eigenvalue weighted by molar-refractivity contribution is 5.89. The Morgan fingerprint density at radius 2 is 1.76 bits per heavy atom. The van der Waals surface area contributed by atoms with E-state index in [9.17, 15) is 9.18 Å². The molecular formula is C20H18FN3O. The molecule has 25 heavy (non-hydrogen) atoms. The van der Waals surface area contributed by atoms with E-state index >= 15 is 0 Å². The number of hydrogen-bond acceptors (Lipinski definition) is 3. The second-order valence-electron chi connectivity index (χ2n) is 5.68. The number of anilines is 1. The predicted molar refractivity (Wildman–Crippen MR) is 99.2 cm³/mol. The van der Waals surface area contributed by atoms with Crippen LogP contribution in [0.2, 0.25) is 0 Å². The van der Waals surface area contributed by atoms with Gasteiger partial charge in [0.25, 0.3) is 5.91 Å². The molecule has 0 saturated heterocycles. The summed E-state index contributed by atoms with van der Waals surface area (Å²) < 4.78 is 13.5. The molecule has 0 aliphatic carbocycles. The van der Waals surface area contributed by atoms with Gasteiger partial charge in [0.2, 0.25) is 0 Å². The number of hydrazone groups is 1. The lowest BCUT2D eigenvalue weighted by Crippen LogP contribution is -2.34. The Bertz CT molecular complexity index is 923. The van der Waals surface area contributed by atoms with Crippen molar-refractivity contribution in [3.63, 3.8) is 0 Å². The lowest BCUT2D eigenvalue weighted by Gasteiger charge is -2.14. The summed E-state index contributed by atoms with van der Waals surface area (Å²) in [4.78, 5) is 12.1. The van der Waals surface area contributed by atoms with Crippen LogP contribution in [0.15, 0.2) is 71.8 Å². The Morgan fingerprint density at radius 3 is 2.56 bits per heavy atom. The molecule has 0 heterocycles. The molecule has 5 heteroatoms. The number of nitrogens with one attached hydrogen (secondary N) is 2. The van der Waals surface area contributed by atoms with Crippen LogP contribution in [-0.2, 0) is 4.79 Å². The average Bonchev–Trinajstić information content (AvgIpc) is 2.63. The fraction of sp³-hybridized carbons (Fsp3) is 0.100. The molecule has 0 radical (unpaired) electrons. The summed E-state index contributed by atoms with van der Waals surface area (Å²) in [7, 11) is 0. The van der Waals surface area contributed by atoms with Crippen LogP contribution in [0.1, 0.15) is 12.5 Å². The molecule has 3 aromatic rings. The molecule has 0 aromatic heterocycles. The Labute approximate surface area is 145 Å². The van der Waals surface area contributed by atoms with Crippen molar-refractivity contribution in [1.82, 2.24) is 5.43 Å². The Balaban J connectivity index is 1.61. The van der Waals surface area contributed by atoms with E-state index < -0.39 is 6.04 Å². The third-order valence-electron chi connectivity index (χ3n) is 3.81. The molecule has 2 N–H and O–H groups in total. The first-order valence-corrected chi connectivity index (χ1v) is 7.96. The minimum atomic E-state index is -0.487. The molecule has 0 spiro atoms. The number of benzene rings is 3.